The molecule has 0 radical (unpaired) electrons. The number of aliphatic hydroxyl groups excluding tert-OH is 1. The third kappa shape index (κ3) is 2.65. The van der Waals surface area contributed by atoms with Gasteiger partial charge in [0.1, 0.15) is 0 Å². The highest BCUT2D eigenvalue weighted by Crippen LogP contribution is 2.24. The summed E-state index contributed by atoms with van der Waals surface area (Å²) in [7, 11) is 0. The predicted molar refractivity (Wildman–Crippen MR) is 69.4 cm³/mol. The number of hydrogen-bond donors (Lipinski definition) is 1. The Bertz CT molecular complexity index is 367. The lowest BCUT2D eigenvalue weighted by Gasteiger charge is -2.23. The molecule has 2 rings (SSSR count). The summed E-state index contributed by atoms with van der Waals surface area (Å²) in [4.78, 5) is 2.37. The lowest BCUT2D eigenvalue weighted by atomic mass is 10.1. The second-order valence-corrected chi connectivity index (χ2v) is 5.40. The third-order valence-electron chi connectivity index (χ3n) is 3.29. The smallest absolute Gasteiger partial charge is 0.0587 e. The van der Waals surface area contributed by atoms with Crippen molar-refractivity contribution in [3.8, 4) is 0 Å². The van der Waals surface area contributed by atoms with Crippen LogP contribution in [0.3, 0.4) is 0 Å². The Labute approximate surface area is 105 Å². The minimum atomic E-state index is 0.281. The second kappa shape index (κ2) is 5.30. The number of rotatable bonds is 3. The van der Waals surface area contributed by atoms with Crippen molar-refractivity contribution in [3.05, 3.63) is 33.8 Å². The molecule has 1 N–H and O–H groups in total. The van der Waals surface area contributed by atoms with Crippen molar-refractivity contribution in [1.29, 1.82) is 0 Å². The minimum absolute atomic E-state index is 0.281. The first-order valence-corrected chi connectivity index (χ1v) is 6.60. The molecule has 1 aromatic rings. The number of likely N-dealkylation sites (tertiary alicyclic amines) is 1. The molecule has 0 saturated carbocycles. The molecule has 0 aliphatic carbocycles. The maximum Gasteiger partial charge on any atom is 0.0587 e. The van der Waals surface area contributed by atoms with Crippen LogP contribution >= 0.6 is 15.9 Å². The number of halogens is 1. The van der Waals surface area contributed by atoms with Gasteiger partial charge in [0.05, 0.1) is 6.61 Å². The molecule has 2 nitrogen and oxygen atoms in total. The van der Waals surface area contributed by atoms with E-state index < -0.39 is 0 Å². The summed E-state index contributed by atoms with van der Waals surface area (Å²) in [6.45, 7) is 4.42. The SMILES string of the molecule is Cc1ccc(CN2CCC[C@@H]2CO)c(Br)c1. The van der Waals surface area contributed by atoms with Gasteiger partial charge in [-0.3, -0.25) is 4.90 Å². The van der Waals surface area contributed by atoms with E-state index in [0.717, 1.165) is 19.5 Å². The summed E-state index contributed by atoms with van der Waals surface area (Å²) in [5.41, 5.74) is 2.58. The summed E-state index contributed by atoms with van der Waals surface area (Å²) < 4.78 is 1.18. The zero-order chi connectivity index (χ0) is 11.5. The van der Waals surface area contributed by atoms with Crippen LogP contribution < -0.4 is 0 Å². The maximum atomic E-state index is 9.27. The molecule has 0 spiro atoms. The molecule has 1 heterocycles. The highest BCUT2D eigenvalue weighted by molar-refractivity contribution is 9.10. The van der Waals surface area contributed by atoms with Gasteiger partial charge < -0.3 is 5.11 Å². The van der Waals surface area contributed by atoms with Crippen LogP contribution in [0.1, 0.15) is 24.0 Å². The fourth-order valence-corrected chi connectivity index (χ4v) is 2.93. The van der Waals surface area contributed by atoms with Crippen LogP contribution in [-0.4, -0.2) is 29.2 Å². The highest BCUT2D eigenvalue weighted by Gasteiger charge is 2.23. The number of hydrogen-bond acceptors (Lipinski definition) is 2. The molecule has 1 aliphatic rings. The van der Waals surface area contributed by atoms with Crippen molar-refractivity contribution < 1.29 is 5.11 Å². The summed E-state index contributed by atoms with van der Waals surface area (Å²) in [6, 6.07) is 6.82. The van der Waals surface area contributed by atoms with Gasteiger partial charge in [0.15, 0.2) is 0 Å². The standard InChI is InChI=1S/C13H18BrNO/c1-10-4-5-11(13(14)7-10)8-15-6-2-3-12(15)9-16/h4-5,7,12,16H,2-3,6,8-9H2,1H3/t12-/m1/s1. The van der Waals surface area contributed by atoms with Crippen LogP contribution in [0.5, 0.6) is 0 Å². The van der Waals surface area contributed by atoms with Gasteiger partial charge in [0, 0.05) is 17.1 Å². The molecule has 0 bridgehead atoms. The fourth-order valence-electron chi connectivity index (χ4n) is 2.31. The molecule has 0 unspecified atom stereocenters. The van der Waals surface area contributed by atoms with E-state index in [9.17, 15) is 5.11 Å². The average molecular weight is 284 g/mol. The summed E-state index contributed by atoms with van der Waals surface area (Å²) in [5.74, 6) is 0. The Morgan fingerprint density at radius 2 is 2.31 bits per heavy atom. The summed E-state index contributed by atoms with van der Waals surface area (Å²) >= 11 is 3.61. The van der Waals surface area contributed by atoms with Gasteiger partial charge in [-0.05, 0) is 43.5 Å². The third-order valence-corrected chi connectivity index (χ3v) is 4.03. The van der Waals surface area contributed by atoms with Crippen LogP contribution in [0.2, 0.25) is 0 Å². The van der Waals surface area contributed by atoms with Gasteiger partial charge in [-0.15, -0.1) is 0 Å². The zero-order valence-corrected chi connectivity index (χ0v) is 11.2. The van der Waals surface area contributed by atoms with E-state index in [4.69, 9.17) is 0 Å². The summed E-state index contributed by atoms with van der Waals surface area (Å²) in [5, 5.41) is 9.27. The first-order chi connectivity index (χ1) is 7.70. The molecule has 0 aromatic heterocycles. The topological polar surface area (TPSA) is 23.5 Å². The molecule has 0 amide bonds. The number of aliphatic hydroxyl groups is 1. The van der Waals surface area contributed by atoms with Gasteiger partial charge in [-0.2, -0.15) is 0 Å². The van der Waals surface area contributed by atoms with Gasteiger partial charge in [0.2, 0.25) is 0 Å². The maximum absolute atomic E-state index is 9.27. The first-order valence-electron chi connectivity index (χ1n) is 5.80. The molecule has 1 fully saturated rings. The molecule has 1 aliphatic heterocycles. The number of aryl methyl sites for hydroxylation is 1. The molecule has 3 heteroatoms. The monoisotopic (exact) mass is 283 g/mol. The van der Waals surface area contributed by atoms with Gasteiger partial charge >= 0.3 is 0 Å². The van der Waals surface area contributed by atoms with Crippen molar-refractivity contribution in [1.82, 2.24) is 4.90 Å². The molecular weight excluding hydrogens is 266 g/mol. The Balaban J connectivity index is 2.08. The van der Waals surface area contributed by atoms with E-state index in [-0.39, 0.29) is 6.61 Å². The van der Waals surface area contributed by atoms with Crippen molar-refractivity contribution in [2.24, 2.45) is 0 Å². The van der Waals surface area contributed by atoms with E-state index in [1.807, 2.05) is 0 Å². The highest BCUT2D eigenvalue weighted by atomic mass is 79.9. The lowest BCUT2D eigenvalue weighted by Crippen LogP contribution is -2.31. The number of benzene rings is 1. The molecule has 88 valence electrons. The molecular formula is C13H18BrNO. The van der Waals surface area contributed by atoms with Crippen LogP contribution in [0, 0.1) is 6.92 Å². The van der Waals surface area contributed by atoms with Crippen LogP contribution in [0.25, 0.3) is 0 Å². The second-order valence-electron chi connectivity index (χ2n) is 4.54. The van der Waals surface area contributed by atoms with Crippen molar-refractivity contribution in [3.63, 3.8) is 0 Å². The van der Waals surface area contributed by atoms with Crippen molar-refractivity contribution >= 4 is 15.9 Å². The van der Waals surface area contributed by atoms with Gasteiger partial charge in [0.25, 0.3) is 0 Å². The van der Waals surface area contributed by atoms with Gasteiger partial charge in [-0.1, -0.05) is 28.1 Å². The fraction of sp³-hybridized carbons (Fsp3) is 0.538. The average Bonchev–Trinajstić information content (AvgIpc) is 2.69. The number of nitrogens with zero attached hydrogens (tertiary/aromatic N) is 1. The Morgan fingerprint density at radius 1 is 1.50 bits per heavy atom. The van der Waals surface area contributed by atoms with Crippen LogP contribution in [-0.2, 0) is 6.54 Å². The Morgan fingerprint density at radius 3 is 3.00 bits per heavy atom. The van der Waals surface area contributed by atoms with Crippen LogP contribution in [0.4, 0.5) is 0 Å². The van der Waals surface area contributed by atoms with Crippen LogP contribution in [0.15, 0.2) is 22.7 Å². The largest absolute Gasteiger partial charge is 0.395 e. The van der Waals surface area contributed by atoms with E-state index in [0.29, 0.717) is 6.04 Å². The van der Waals surface area contributed by atoms with Crippen molar-refractivity contribution in [2.75, 3.05) is 13.2 Å². The summed E-state index contributed by atoms with van der Waals surface area (Å²) in [6.07, 6.45) is 2.33. The van der Waals surface area contributed by atoms with Crippen molar-refractivity contribution in [2.45, 2.75) is 32.4 Å². The first kappa shape index (κ1) is 12.1. The minimum Gasteiger partial charge on any atom is -0.395 e. The normalized spacial score (nSPS) is 21.6. The molecule has 1 aromatic carbocycles. The van der Waals surface area contributed by atoms with E-state index in [1.165, 1.54) is 22.0 Å². The molecule has 16 heavy (non-hydrogen) atoms. The van der Waals surface area contributed by atoms with E-state index in [2.05, 4.69) is 46.0 Å². The zero-order valence-electron chi connectivity index (χ0n) is 9.62. The van der Waals surface area contributed by atoms with E-state index >= 15 is 0 Å². The molecule has 1 atom stereocenters. The van der Waals surface area contributed by atoms with Gasteiger partial charge in [-0.25, -0.2) is 0 Å². The lowest BCUT2D eigenvalue weighted by molar-refractivity contribution is 0.153. The predicted octanol–water partition coefficient (Wildman–Crippen LogP) is 2.71. The molecule has 1 saturated heterocycles. The Kier molecular flexibility index (Phi) is 4.00. The van der Waals surface area contributed by atoms with E-state index in [1.54, 1.807) is 0 Å². The quantitative estimate of drug-likeness (QED) is 0.922. The Hall–Kier alpha value is -0.380.